The Morgan fingerprint density at radius 2 is 2.37 bits per heavy atom. The van der Waals surface area contributed by atoms with Crippen LogP contribution >= 0.6 is 11.3 Å². The number of aliphatic hydroxyl groups is 1. The minimum atomic E-state index is -1.08. The van der Waals surface area contributed by atoms with Crippen LogP contribution in [0.5, 0.6) is 0 Å². The van der Waals surface area contributed by atoms with Crippen LogP contribution in [0.2, 0.25) is 0 Å². The van der Waals surface area contributed by atoms with Crippen molar-refractivity contribution in [2.24, 2.45) is 0 Å². The second-order valence-electron chi connectivity index (χ2n) is 4.34. The standard InChI is InChI=1S/C13H15N3O2S/c1-13(18,10-4-6-19-8-10)9-15-12(17)16-11-3-2-5-14-7-11/h2-8,18H,9H2,1H3,(H2,15,16,17)/t13-/m0/s1. The number of amides is 2. The van der Waals surface area contributed by atoms with Gasteiger partial charge in [-0.2, -0.15) is 11.3 Å². The van der Waals surface area contributed by atoms with Gasteiger partial charge in [0.05, 0.1) is 18.4 Å². The van der Waals surface area contributed by atoms with E-state index in [0.29, 0.717) is 5.69 Å². The van der Waals surface area contributed by atoms with Crippen molar-refractivity contribution in [2.45, 2.75) is 12.5 Å². The average Bonchev–Trinajstić information content (AvgIpc) is 2.92. The summed E-state index contributed by atoms with van der Waals surface area (Å²) in [5.41, 5.74) is 0.320. The van der Waals surface area contributed by atoms with Crippen LogP contribution in [0.1, 0.15) is 12.5 Å². The van der Waals surface area contributed by atoms with E-state index in [1.165, 1.54) is 11.3 Å². The van der Waals surface area contributed by atoms with Gasteiger partial charge < -0.3 is 15.7 Å². The lowest BCUT2D eigenvalue weighted by Crippen LogP contribution is -2.40. The molecule has 0 saturated heterocycles. The second-order valence-corrected chi connectivity index (χ2v) is 5.12. The van der Waals surface area contributed by atoms with Gasteiger partial charge in [-0.1, -0.05) is 0 Å². The number of urea groups is 1. The minimum absolute atomic E-state index is 0.135. The molecule has 0 fully saturated rings. The first-order chi connectivity index (χ1) is 9.08. The molecule has 3 N–H and O–H groups in total. The maximum absolute atomic E-state index is 11.7. The van der Waals surface area contributed by atoms with Gasteiger partial charge in [-0.15, -0.1) is 0 Å². The SMILES string of the molecule is C[C@](O)(CNC(=O)Nc1cccnc1)c1ccsc1. The molecule has 2 rings (SSSR count). The fourth-order valence-corrected chi connectivity index (χ4v) is 2.32. The number of nitrogens with one attached hydrogen (secondary N) is 2. The average molecular weight is 277 g/mol. The van der Waals surface area contributed by atoms with E-state index in [4.69, 9.17) is 0 Å². The fourth-order valence-electron chi connectivity index (χ4n) is 1.54. The van der Waals surface area contributed by atoms with Gasteiger partial charge in [-0.25, -0.2) is 4.79 Å². The molecule has 2 aromatic heterocycles. The van der Waals surface area contributed by atoms with E-state index >= 15 is 0 Å². The van der Waals surface area contributed by atoms with Crippen molar-refractivity contribution in [2.75, 3.05) is 11.9 Å². The monoisotopic (exact) mass is 277 g/mol. The van der Waals surface area contributed by atoms with Gasteiger partial charge in [0.25, 0.3) is 0 Å². The number of pyridine rings is 1. The summed E-state index contributed by atoms with van der Waals surface area (Å²) in [5.74, 6) is 0. The van der Waals surface area contributed by atoms with Crippen molar-refractivity contribution < 1.29 is 9.90 Å². The molecule has 100 valence electrons. The maximum Gasteiger partial charge on any atom is 0.319 e. The van der Waals surface area contributed by atoms with Gasteiger partial charge in [0.15, 0.2) is 0 Å². The van der Waals surface area contributed by atoms with Crippen molar-refractivity contribution in [3.05, 3.63) is 46.9 Å². The smallest absolute Gasteiger partial charge is 0.319 e. The molecule has 0 radical (unpaired) electrons. The molecule has 0 aromatic carbocycles. The van der Waals surface area contributed by atoms with Gasteiger partial charge in [-0.05, 0) is 41.4 Å². The van der Waals surface area contributed by atoms with Crippen LogP contribution in [-0.4, -0.2) is 22.7 Å². The number of hydrogen-bond acceptors (Lipinski definition) is 4. The first-order valence-electron chi connectivity index (χ1n) is 5.78. The summed E-state index contributed by atoms with van der Waals surface area (Å²) in [6.07, 6.45) is 3.18. The molecular weight excluding hydrogens is 262 g/mol. The van der Waals surface area contributed by atoms with Crippen LogP contribution in [-0.2, 0) is 5.60 Å². The van der Waals surface area contributed by atoms with E-state index in [1.54, 1.807) is 31.5 Å². The van der Waals surface area contributed by atoms with E-state index in [0.717, 1.165) is 5.56 Å². The van der Waals surface area contributed by atoms with Crippen LogP contribution in [0.15, 0.2) is 41.4 Å². The van der Waals surface area contributed by atoms with Gasteiger partial charge in [0.2, 0.25) is 0 Å². The van der Waals surface area contributed by atoms with Crippen LogP contribution in [0.4, 0.5) is 10.5 Å². The first kappa shape index (κ1) is 13.5. The Hall–Kier alpha value is -1.92. The number of hydrogen-bond donors (Lipinski definition) is 3. The second kappa shape index (κ2) is 5.81. The number of nitrogens with zero attached hydrogens (tertiary/aromatic N) is 1. The number of rotatable bonds is 4. The molecule has 0 saturated carbocycles. The predicted molar refractivity (Wildman–Crippen MR) is 75.1 cm³/mol. The Balaban J connectivity index is 1.87. The highest BCUT2D eigenvalue weighted by Crippen LogP contribution is 2.21. The number of aromatic nitrogens is 1. The van der Waals surface area contributed by atoms with Crippen LogP contribution in [0, 0.1) is 0 Å². The summed E-state index contributed by atoms with van der Waals surface area (Å²) in [6, 6.07) is 4.94. The summed E-state index contributed by atoms with van der Waals surface area (Å²) >= 11 is 1.51. The van der Waals surface area contributed by atoms with Crippen molar-refractivity contribution in [1.29, 1.82) is 0 Å². The zero-order valence-electron chi connectivity index (χ0n) is 10.5. The highest BCUT2D eigenvalue weighted by molar-refractivity contribution is 7.08. The Morgan fingerprint density at radius 3 is 3.00 bits per heavy atom. The van der Waals surface area contributed by atoms with Gasteiger partial charge in [-0.3, -0.25) is 4.98 Å². The molecule has 5 nitrogen and oxygen atoms in total. The van der Waals surface area contributed by atoms with Crippen molar-refractivity contribution in [1.82, 2.24) is 10.3 Å². The molecule has 0 bridgehead atoms. The summed E-state index contributed by atoms with van der Waals surface area (Å²) in [7, 11) is 0. The third-order valence-electron chi connectivity index (χ3n) is 2.66. The van der Waals surface area contributed by atoms with E-state index in [1.807, 2.05) is 16.8 Å². The lowest BCUT2D eigenvalue weighted by molar-refractivity contribution is 0.0604. The Bertz CT molecular complexity index is 526. The molecule has 0 aliphatic rings. The van der Waals surface area contributed by atoms with E-state index in [2.05, 4.69) is 15.6 Å². The van der Waals surface area contributed by atoms with Gasteiger partial charge >= 0.3 is 6.03 Å². The fraction of sp³-hybridized carbons (Fsp3) is 0.231. The minimum Gasteiger partial charge on any atom is -0.384 e. The summed E-state index contributed by atoms with van der Waals surface area (Å²) in [6.45, 7) is 1.80. The zero-order valence-corrected chi connectivity index (χ0v) is 11.3. The van der Waals surface area contributed by atoms with Crippen LogP contribution in [0.3, 0.4) is 0 Å². The van der Waals surface area contributed by atoms with Crippen molar-refractivity contribution in [3.8, 4) is 0 Å². The number of anilines is 1. The molecule has 2 aromatic rings. The van der Waals surface area contributed by atoms with Gasteiger partial charge in [0.1, 0.15) is 5.60 Å². The van der Waals surface area contributed by atoms with E-state index < -0.39 is 5.60 Å². The normalized spacial score (nSPS) is 13.6. The number of carbonyl (C=O) groups is 1. The molecule has 6 heteroatoms. The molecular formula is C13H15N3O2S. The summed E-state index contributed by atoms with van der Waals surface area (Å²) in [5, 5.41) is 19.3. The van der Waals surface area contributed by atoms with Crippen molar-refractivity contribution in [3.63, 3.8) is 0 Å². The number of carbonyl (C=O) groups excluding carboxylic acids is 1. The third-order valence-corrected chi connectivity index (χ3v) is 3.34. The molecule has 0 spiro atoms. The first-order valence-corrected chi connectivity index (χ1v) is 6.72. The quantitative estimate of drug-likeness (QED) is 0.802. The lowest BCUT2D eigenvalue weighted by atomic mass is 9.99. The molecule has 0 aliphatic heterocycles. The third kappa shape index (κ3) is 3.77. The molecule has 1 atom stereocenters. The lowest BCUT2D eigenvalue weighted by Gasteiger charge is -2.22. The highest BCUT2D eigenvalue weighted by Gasteiger charge is 2.24. The summed E-state index contributed by atoms with van der Waals surface area (Å²) in [4.78, 5) is 15.6. The highest BCUT2D eigenvalue weighted by atomic mass is 32.1. The molecule has 19 heavy (non-hydrogen) atoms. The summed E-state index contributed by atoms with van der Waals surface area (Å²) < 4.78 is 0. The number of thiophene rings is 1. The molecule has 2 heterocycles. The van der Waals surface area contributed by atoms with Crippen molar-refractivity contribution >= 4 is 23.1 Å². The topological polar surface area (TPSA) is 74.2 Å². The molecule has 2 amide bonds. The van der Waals surface area contributed by atoms with Crippen LogP contribution < -0.4 is 10.6 Å². The molecule has 0 aliphatic carbocycles. The zero-order chi connectivity index (χ0) is 13.7. The van der Waals surface area contributed by atoms with E-state index in [-0.39, 0.29) is 12.6 Å². The molecule has 0 unspecified atom stereocenters. The Labute approximate surface area is 115 Å². The van der Waals surface area contributed by atoms with Crippen LogP contribution in [0.25, 0.3) is 0 Å². The Morgan fingerprint density at radius 1 is 1.53 bits per heavy atom. The predicted octanol–water partition coefficient (Wildman–Crippen LogP) is 2.17. The Kier molecular flexibility index (Phi) is 4.13. The largest absolute Gasteiger partial charge is 0.384 e. The maximum atomic E-state index is 11.7. The van der Waals surface area contributed by atoms with Gasteiger partial charge in [0, 0.05) is 6.20 Å². The van der Waals surface area contributed by atoms with E-state index in [9.17, 15) is 9.90 Å².